The summed E-state index contributed by atoms with van der Waals surface area (Å²) < 4.78 is 35.5. The summed E-state index contributed by atoms with van der Waals surface area (Å²) in [5.41, 5.74) is -0.179. The van der Waals surface area contributed by atoms with Crippen LogP contribution in [0.2, 0.25) is 0 Å². The first-order valence-corrected chi connectivity index (χ1v) is 7.86. The van der Waals surface area contributed by atoms with Crippen molar-refractivity contribution in [2.75, 3.05) is 25.6 Å². The highest BCUT2D eigenvalue weighted by Crippen LogP contribution is 2.29. The first-order chi connectivity index (χ1) is 13.3. The van der Waals surface area contributed by atoms with E-state index in [1.54, 1.807) is 0 Å². The van der Waals surface area contributed by atoms with Crippen LogP contribution in [-0.2, 0) is 14.3 Å². The van der Waals surface area contributed by atoms with Gasteiger partial charge in [-0.3, -0.25) is 9.59 Å². The fourth-order valence-corrected chi connectivity index (χ4v) is 2.07. The Bertz CT molecular complexity index is 904. The molecule has 28 heavy (non-hydrogen) atoms. The van der Waals surface area contributed by atoms with E-state index in [1.165, 1.54) is 25.3 Å². The minimum absolute atomic E-state index is 0.0121. The van der Waals surface area contributed by atoms with Crippen molar-refractivity contribution in [1.82, 2.24) is 5.32 Å². The number of methoxy groups -OCH3 is 1. The minimum atomic E-state index is -1.13. The maximum atomic E-state index is 13.1. The molecule has 0 unspecified atom stereocenters. The van der Waals surface area contributed by atoms with Crippen LogP contribution >= 0.6 is 0 Å². The third-order valence-electron chi connectivity index (χ3n) is 3.42. The molecule has 0 aliphatic rings. The van der Waals surface area contributed by atoms with Crippen LogP contribution in [0, 0.1) is 11.6 Å². The van der Waals surface area contributed by atoms with Gasteiger partial charge in [0.2, 0.25) is 5.91 Å². The summed E-state index contributed by atoms with van der Waals surface area (Å²) in [6.07, 6.45) is 0. The number of phenolic OH excluding ortho intramolecular Hbond substituents is 1. The van der Waals surface area contributed by atoms with Gasteiger partial charge in [0.25, 0.3) is 5.91 Å². The predicted octanol–water partition coefficient (Wildman–Crippen LogP) is 1.59. The van der Waals surface area contributed by atoms with Crippen LogP contribution in [0.4, 0.5) is 14.5 Å². The lowest BCUT2D eigenvalue weighted by Gasteiger charge is -2.09. The molecular formula is C18H16F2N2O6. The Morgan fingerprint density at radius 3 is 2.50 bits per heavy atom. The topological polar surface area (TPSA) is 114 Å². The second-order valence-corrected chi connectivity index (χ2v) is 5.39. The molecule has 0 fully saturated rings. The lowest BCUT2D eigenvalue weighted by molar-refractivity contribution is -0.126. The zero-order valence-electron chi connectivity index (χ0n) is 14.6. The van der Waals surface area contributed by atoms with Crippen molar-refractivity contribution in [3.8, 4) is 11.5 Å². The number of carbonyl (C=O) groups is 3. The molecule has 3 N–H and O–H groups in total. The van der Waals surface area contributed by atoms with Crippen LogP contribution < -0.4 is 15.4 Å². The van der Waals surface area contributed by atoms with E-state index in [2.05, 4.69) is 10.6 Å². The molecule has 8 nitrogen and oxygen atoms in total. The molecule has 0 heterocycles. The number of amides is 2. The number of benzene rings is 2. The number of aromatic hydroxyl groups is 1. The molecule has 10 heteroatoms. The number of halogens is 2. The van der Waals surface area contributed by atoms with Crippen LogP contribution in [0.3, 0.4) is 0 Å². The summed E-state index contributed by atoms with van der Waals surface area (Å²) in [4.78, 5) is 35.3. The van der Waals surface area contributed by atoms with E-state index < -0.39 is 48.3 Å². The number of para-hydroxylation sites is 1. The molecule has 0 saturated heterocycles. The molecule has 0 radical (unpaired) electrons. The number of hydrogen-bond donors (Lipinski definition) is 3. The third kappa shape index (κ3) is 5.40. The molecule has 0 saturated carbocycles. The number of anilines is 1. The molecule has 0 spiro atoms. The van der Waals surface area contributed by atoms with Crippen LogP contribution in [0.1, 0.15) is 10.4 Å². The van der Waals surface area contributed by atoms with Crippen molar-refractivity contribution < 1.29 is 37.7 Å². The van der Waals surface area contributed by atoms with Gasteiger partial charge in [0.05, 0.1) is 13.7 Å². The third-order valence-corrected chi connectivity index (χ3v) is 3.42. The zero-order valence-corrected chi connectivity index (χ0v) is 14.6. The molecule has 0 atom stereocenters. The number of nitrogens with one attached hydrogen (secondary N) is 2. The van der Waals surface area contributed by atoms with Gasteiger partial charge in [-0.25, -0.2) is 13.6 Å². The van der Waals surface area contributed by atoms with E-state index in [4.69, 9.17) is 9.47 Å². The van der Waals surface area contributed by atoms with Crippen molar-refractivity contribution in [3.05, 3.63) is 53.6 Å². The Morgan fingerprint density at radius 1 is 1.07 bits per heavy atom. The average molecular weight is 394 g/mol. The van der Waals surface area contributed by atoms with Crippen LogP contribution in [0.5, 0.6) is 11.5 Å². The van der Waals surface area contributed by atoms with E-state index in [0.29, 0.717) is 0 Å². The van der Waals surface area contributed by atoms with Crippen LogP contribution in [0.15, 0.2) is 36.4 Å². The summed E-state index contributed by atoms with van der Waals surface area (Å²) in [5.74, 6) is -5.00. The Balaban J connectivity index is 1.80. The Morgan fingerprint density at radius 2 is 1.82 bits per heavy atom. The van der Waals surface area contributed by atoms with Crippen molar-refractivity contribution in [2.24, 2.45) is 0 Å². The summed E-state index contributed by atoms with van der Waals surface area (Å²) in [7, 11) is 1.31. The van der Waals surface area contributed by atoms with E-state index in [-0.39, 0.29) is 17.0 Å². The minimum Gasteiger partial charge on any atom is -0.504 e. The Hall–Kier alpha value is -3.69. The number of carbonyl (C=O) groups excluding carboxylic acids is 3. The molecule has 0 bridgehead atoms. The first-order valence-electron chi connectivity index (χ1n) is 7.86. The fourth-order valence-electron chi connectivity index (χ4n) is 2.07. The lowest BCUT2D eigenvalue weighted by Crippen LogP contribution is -2.35. The van der Waals surface area contributed by atoms with Gasteiger partial charge in [0.1, 0.15) is 5.56 Å². The molecule has 2 aromatic carbocycles. The molecule has 0 aliphatic heterocycles. The second kappa shape index (κ2) is 9.31. The van der Waals surface area contributed by atoms with Crippen molar-refractivity contribution in [2.45, 2.75) is 0 Å². The largest absolute Gasteiger partial charge is 0.504 e. The molecule has 148 valence electrons. The van der Waals surface area contributed by atoms with Gasteiger partial charge >= 0.3 is 5.97 Å². The van der Waals surface area contributed by atoms with Gasteiger partial charge < -0.3 is 25.2 Å². The van der Waals surface area contributed by atoms with Crippen LogP contribution in [-0.4, -0.2) is 43.2 Å². The summed E-state index contributed by atoms with van der Waals surface area (Å²) in [6.45, 7) is -1.19. The van der Waals surface area contributed by atoms with Gasteiger partial charge in [-0.05, 0) is 24.3 Å². The molecule has 0 aromatic heterocycles. The summed E-state index contributed by atoms with van der Waals surface area (Å²) >= 11 is 0. The van der Waals surface area contributed by atoms with Gasteiger partial charge in [-0.2, -0.15) is 0 Å². The Kier molecular flexibility index (Phi) is 6.85. The normalized spacial score (nSPS) is 10.1. The van der Waals surface area contributed by atoms with E-state index in [0.717, 1.165) is 18.2 Å². The molecular weight excluding hydrogens is 378 g/mol. The van der Waals surface area contributed by atoms with Gasteiger partial charge in [-0.1, -0.05) is 6.07 Å². The zero-order chi connectivity index (χ0) is 20.7. The van der Waals surface area contributed by atoms with E-state index in [9.17, 15) is 28.3 Å². The number of phenols is 1. The first kappa shape index (κ1) is 20.6. The quantitative estimate of drug-likeness (QED) is 0.615. The molecule has 0 aliphatic carbocycles. The molecule has 2 rings (SSSR count). The number of ether oxygens (including phenoxy) is 2. The van der Waals surface area contributed by atoms with Crippen molar-refractivity contribution >= 4 is 23.5 Å². The highest BCUT2D eigenvalue weighted by molar-refractivity contribution is 5.96. The van der Waals surface area contributed by atoms with Crippen molar-refractivity contribution in [1.29, 1.82) is 0 Å². The molecule has 2 aromatic rings. The van der Waals surface area contributed by atoms with Gasteiger partial charge in [-0.15, -0.1) is 0 Å². The second-order valence-electron chi connectivity index (χ2n) is 5.39. The fraction of sp³-hybridized carbons (Fsp3) is 0.167. The lowest BCUT2D eigenvalue weighted by atomic mass is 10.2. The Labute approximate surface area is 158 Å². The maximum absolute atomic E-state index is 13.1. The van der Waals surface area contributed by atoms with Crippen molar-refractivity contribution in [3.63, 3.8) is 0 Å². The highest BCUT2D eigenvalue weighted by Gasteiger charge is 2.17. The predicted molar refractivity (Wildman–Crippen MR) is 92.9 cm³/mol. The van der Waals surface area contributed by atoms with Gasteiger partial charge in [0, 0.05) is 11.8 Å². The van der Waals surface area contributed by atoms with Crippen LogP contribution in [0.25, 0.3) is 0 Å². The smallest absolute Gasteiger partial charge is 0.342 e. The maximum Gasteiger partial charge on any atom is 0.342 e. The number of esters is 1. The number of hydrogen-bond acceptors (Lipinski definition) is 6. The standard InChI is InChI=1S/C18H16F2N2O6/c1-27-14-4-2-3-11(17(14)25)18(26)28-9-16(24)21-8-15(23)22-10-5-6-12(19)13(20)7-10/h2-7,25H,8-9H2,1H3,(H,21,24)(H,22,23). The monoisotopic (exact) mass is 394 g/mol. The SMILES string of the molecule is COc1cccc(C(=O)OCC(=O)NCC(=O)Nc2ccc(F)c(F)c2)c1O. The summed E-state index contributed by atoms with van der Waals surface area (Å²) in [5, 5.41) is 14.3. The van der Waals surface area contributed by atoms with E-state index in [1.807, 2.05) is 0 Å². The molecule has 2 amide bonds. The number of rotatable bonds is 7. The van der Waals surface area contributed by atoms with Gasteiger partial charge in [0.15, 0.2) is 29.7 Å². The van der Waals surface area contributed by atoms with E-state index >= 15 is 0 Å². The average Bonchev–Trinajstić information content (AvgIpc) is 2.67. The highest BCUT2D eigenvalue weighted by atomic mass is 19.2. The summed E-state index contributed by atoms with van der Waals surface area (Å²) in [6, 6.07) is 6.96.